The molecule has 3 aromatic carbocycles. The molecule has 0 spiro atoms. The fourth-order valence-corrected chi connectivity index (χ4v) is 5.59. The van der Waals surface area contributed by atoms with Crippen molar-refractivity contribution in [3.63, 3.8) is 0 Å². The Labute approximate surface area is 268 Å². The van der Waals surface area contributed by atoms with E-state index in [1.165, 1.54) is 30.3 Å². The van der Waals surface area contributed by atoms with Crippen LogP contribution < -0.4 is 20.8 Å². The standard InChI is InChI=1S/C33H34BF5N2O6/c1-31(2)32(3,4)47-34(46-31)22-13-12-19(21-11-8-14-45-27(21)22)15-25(30(43)44)41-29(42)26-23(35)16-20(17-24(26)36)40-28(33(37,38)39)18-9-6-5-7-10-18/h5-7,9-10,12-13,16-17,25,28,40H,8,11,14-15H2,1-4H3,(H,41,42)(H,43,44)/t25-,28+/m0/s1. The first kappa shape index (κ1) is 34.2. The molecule has 0 aromatic heterocycles. The first-order chi connectivity index (χ1) is 22.0. The van der Waals surface area contributed by atoms with Crippen LogP contribution in [-0.2, 0) is 26.9 Å². The number of hydrogen-bond acceptors (Lipinski definition) is 6. The molecule has 2 aliphatic rings. The van der Waals surface area contributed by atoms with Gasteiger partial charge < -0.3 is 29.8 Å². The Hall–Kier alpha value is -4.17. The number of rotatable bonds is 9. The van der Waals surface area contributed by atoms with Gasteiger partial charge in [-0.3, -0.25) is 4.79 Å². The molecular weight excluding hydrogens is 626 g/mol. The molecule has 1 fully saturated rings. The van der Waals surface area contributed by atoms with Gasteiger partial charge in [-0.05, 0) is 69.4 Å². The number of carboxylic acid groups (broad SMARTS) is 1. The van der Waals surface area contributed by atoms with E-state index < -0.39 is 71.3 Å². The number of nitrogens with one attached hydrogen (secondary N) is 2. The van der Waals surface area contributed by atoms with Crippen LogP contribution in [-0.4, -0.2) is 54.1 Å². The minimum absolute atomic E-state index is 0.191. The quantitative estimate of drug-likeness (QED) is 0.199. The molecule has 1 saturated heterocycles. The zero-order valence-electron chi connectivity index (χ0n) is 26.1. The second-order valence-electron chi connectivity index (χ2n) is 12.6. The van der Waals surface area contributed by atoms with Crippen LogP contribution >= 0.6 is 0 Å². The largest absolute Gasteiger partial charge is 0.498 e. The van der Waals surface area contributed by atoms with E-state index in [0.29, 0.717) is 53.9 Å². The molecule has 0 aliphatic carbocycles. The monoisotopic (exact) mass is 660 g/mol. The van der Waals surface area contributed by atoms with Gasteiger partial charge in [-0.2, -0.15) is 13.2 Å². The Morgan fingerprint density at radius 3 is 2.17 bits per heavy atom. The highest BCUT2D eigenvalue weighted by Gasteiger charge is 2.53. The van der Waals surface area contributed by atoms with E-state index in [0.717, 1.165) is 0 Å². The number of benzene rings is 3. The Kier molecular flexibility index (Phi) is 9.31. The number of ether oxygens (including phenoxy) is 1. The van der Waals surface area contributed by atoms with Gasteiger partial charge >= 0.3 is 19.3 Å². The maximum Gasteiger partial charge on any atom is 0.498 e. The molecule has 1 amide bonds. The Morgan fingerprint density at radius 1 is 0.979 bits per heavy atom. The van der Waals surface area contributed by atoms with Gasteiger partial charge in [0.15, 0.2) is 0 Å². The molecule has 250 valence electrons. The van der Waals surface area contributed by atoms with Gasteiger partial charge in [0.2, 0.25) is 0 Å². The van der Waals surface area contributed by atoms with E-state index in [1.807, 2.05) is 27.7 Å². The number of halogens is 5. The summed E-state index contributed by atoms with van der Waals surface area (Å²) >= 11 is 0. The van der Waals surface area contributed by atoms with Gasteiger partial charge in [-0.15, -0.1) is 0 Å². The van der Waals surface area contributed by atoms with E-state index in [4.69, 9.17) is 14.0 Å². The zero-order valence-corrected chi connectivity index (χ0v) is 26.1. The number of carboxylic acids is 1. The van der Waals surface area contributed by atoms with Crippen molar-refractivity contribution in [3.8, 4) is 5.75 Å². The first-order valence-corrected chi connectivity index (χ1v) is 15.0. The smallest absolute Gasteiger partial charge is 0.494 e. The molecule has 3 N–H and O–H groups in total. The Balaban J connectivity index is 1.37. The first-order valence-electron chi connectivity index (χ1n) is 15.0. The third kappa shape index (κ3) is 7.08. The van der Waals surface area contributed by atoms with Gasteiger partial charge in [0.05, 0.1) is 17.8 Å². The lowest BCUT2D eigenvalue weighted by atomic mass is 9.75. The molecule has 0 unspecified atom stereocenters. The molecule has 0 bridgehead atoms. The summed E-state index contributed by atoms with van der Waals surface area (Å²) in [4.78, 5) is 25.3. The number of amides is 1. The second kappa shape index (κ2) is 12.8. The molecule has 2 heterocycles. The van der Waals surface area contributed by atoms with Crippen LogP contribution in [0.25, 0.3) is 0 Å². The highest BCUT2D eigenvalue weighted by Crippen LogP contribution is 2.39. The van der Waals surface area contributed by atoms with Gasteiger partial charge in [0.25, 0.3) is 5.91 Å². The Bertz CT molecular complexity index is 1630. The lowest BCUT2D eigenvalue weighted by Gasteiger charge is -2.32. The minimum atomic E-state index is -4.81. The van der Waals surface area contributed by atoms with Crippen LogP contribution in [0.5, 0.6) is 5.75 Å². The summed E-state index contributed by atoms with van der Waals surface area (Å²) in [5, 5.41) is 14.2. The lowest BCUT2D eigenvalue weighted by Crippen LogP contribution is -2.43. The van der Waals surface area contributed by atoms with Crippen molar-refractivity contribution in [2.75, 3.05) is 11.9 Å². The molecule has 0 radical (unpaired) electrons. The van der Waals surface area contributed by atoms with Crippen molar-refractivity contribution < 1.29 is 50.7 Å². The summed E-state index contributed by atoms with van der Waals surface area (Å²) < 4.78 is 89.9. The molecule has 8 nitrogen and oxygen atoms in total. The molecule has 47 heavy (non-hydrogen) atoms. The average molecular weight is 660 g/mol. The topological polar surface area (TPSA) is 106 Å². The number of aliphatic carboxylic acids is 1. The van der Waals surface area contributed by atoms with Crippen LogP contribution in [0.15, 0.2) is 54.6 Å². The van der Waals surface area contributed by atoms with Gasteiger partial charge in [0, 0.05) is 17.6 Å². The van der Waals surface area contributed by atoms with Crippen molar-refractivity contribution in [1.29, 1.82) is 0 Å². The molecule has 2 atom stereocenters. The lowest BCUT2D eigenvalue weighted by molar-refractivity contribution is -0.144. The van der Waals surface area contributed by atoms with Crippen LogP contribution in [0.2, 0.25) is 0 Å². The number of fused-ring (bicyclic) bond motifs is 1. The van der Waals surface area contributed by atoms with E-state index in [2.05, 4.69) is 10.6 Å². The maximum absolute atomic E-state index is 15.1. The molecule has 0 saturated carbocycles. The fraction of sp³-hybridized carbons (Fsp3) is 0.394. The fourth-order valence-electron chi connectivity index (χ4n) is 5.59. The third-order valence-electron chi connectivity index (χ3n) is 8.78. The summed E-state index contributed by atoms with van der Waals surface area (Å²) in [5.74, 6) is -5.29. The second-order valence-corrected chi connectivity index (χ2v) is 12.6. The summed E-state index contributed by atoms with van der Waals surface area (Å²) in [6.45, 7) is 8.06. The average Bonchev–Trinajstić information content (AvgIpc) is 3.21. The predicted octanol–water partition coefficient (Wildman–Crippen LogP) is 5.73. The summed E-state index contributed by atoms with van der Waals surface area (Å²) in [6.07, 6.45) is -3.87. The molecule has 2 aliphatic heterocycles. The molecule has 3 aromatic rings. The minimum Gasteiger partial charge on any atom is -0.494 e. The maximum atomic E-state index is 15.1. The highest BCUT2D eigenvalue weighted by molar-refractivity contribution is 6.63. The van der Waals surface area contributed by atoms with Crippen molar-refractivity contribution in [2.45, 2.75) is 76.4 Å². The van der Waals surface area contributed by atoms with Gasteiger partial charge in [-0.1, -0.05) is 42.5 Å². The van der Waals surface area contributed by atoms with Crippen molar-refractivity contribution >= 4 is 30.1 Å². The number of carbonyl (C=O) groups is 2. The van der Waals surface area contributed by atoms with Crippen LogP contribution in [0.4, 0.5) is 27.6 Å². The van der Waals surface area contributed by atoms with Gasteiger partial charge in [0.1, 0.15) is 35.0 Å². The van der Waals surface area contributed by atoms with Gasteiger partial charge in [-0.25, -0.2) is 13.6 Å². The van der Waals surface area contributed by atoms with E-state index in [1.54, 1.807) is 12.1 Å². The third-order valence-corrected chi connectivity index (χ3v) is 8.78. The number of alkyl halides is 3. The molecule has 14 heteroatoms. The zero-order chi connectivity index (χ0) is 34.3. The Morgan fingerprint density at radius 2 is 1.60 bits per heavy atom. The predicted molar refractivity (Wildman–Crippen MR) is 164 cm³/mol. The van der Waals surface area contributed by atoms with E-state index in [-0.39, 0.29) is 12.0 Å². The molecule has 5 rings (SSSR count). The molecular formula is C33H34BF5N2O6. The van der Waals surface area contributed by atoms with E-state index >= 15 is 8.78 Å². The van der Waals surface area contributed by atoms with Crippen LogP contribution in [0.1, 0.15) is 67.2 Å². The normalized spacial score (nSPS) is 18.1. The summed E-state index contributed by atoms with van der Waals surface area (Å²) in [6, 6.07) is 7.31. The number of carbonyl (C=O) groups excluding carboxylic acids is 1. The van der Waals surface area contributed by atoms with Crippen molar-refractivity contribution in [2.24, 2.45) is 0 Å². The number of anilines is 1. The number of hydrogen-bond donors (Lipinski definition) is 3. The summed E-state index contributed by atoms with van der Waals surface area (Å²) in [7, 11) is -0.738. The van der Waals surface area contributed by atoms with Crippen LogP contribution in [0, 0.1) is 11.6 Å². The van der Waals surface area contributed by atoms with Crippen LogP contribution in [0.3, 0.4) is 0 Å². The van der Waals surface area contributed by atoms with E-state index in [9.17, 15) is 27.9 Å². The van der Waals surface area contributed by atoms with Crippen molar-refractivity contribution in [3.05, 3.63) is 88.5 Å². The van der Waals surface area contributed by atoms with Crippen molar-refractivity contribution in [1.82, 2.24) is 5.32 Å². The highest BCUT2D eigenvalue weighted by atomic mass is 19.4. The summed E-state index contributed by atoms with van der Waals surface area (Å²) in [5.41, 5.74) is -1.24. The SMILES string of the molecule is CC1(C)OB(c2ccc(C[C@H](NC(=O)c3c(F)cc(N[C@H](c4ccccc4)C(F)(F)F)cc3F)C(=O)O)c3c2OCCC3)OC1(C)C.